The number of halogens is 1. The van der Waals surface area contributed by atoms with Crippen molar-refractivity contribution >= 4 is 11.4 Å². The van der Waals surface area contributed by atoms with E-state index < -0.39 is 0 Å². The fourth-order valence-corrected chi connectivity index (χ4v) is 1.38. The second kappa shape index (κ2) is 4.51. The van der Waals surface area contributed by atoms with E-state index in [9.17, 15) is 4.39 Å². The van der Waals surface area contributed by atoms with E-state index in [-0.39, 0.29) is 11.4 Å². The highest BCUT2D eigenvalue weighted by molar-refractivity contribution is 5.53. The van der Waals surface area contributed by atoms with Crippen molar-refractivity contribution in [2.45, 2.75) is 39.2 Å². The van der Waals surface area contributed by atoms with Crippen molar-refractivity contribution in [1.29, 1.82) is 0 Å². The average molecular weight is 210 g/mol. The molecule has 0 aromatic heterocycles. The van der Waals surface area contributed by atoms with Gasteiger partial charge in [-0.1, -0.05) is 13.8 Å². The minimum absolute atomic E-state index is 0.0586. The van der Waals surface area contributed by atoms with Crippen LogP contribution < -0.4 is 11.1 Å². The third-order valence-corrected chi connectivity index (χ3v) is 2.99. The third kappa shape index (κ3) is 2.85. The Morgan fingerprint density at radius 1 is 1.33 bits per heavy atom. The monoisotopic (exact) mass is 210 g/mol. The molecule has 1 aromatic carbocycles. The summed E-state index contributed by atoms with van der Waals surface area (Å²) in [7, 11) is 0. The van der Waals surface area contributed by atoms with Crippen molar-refractivity contribution in [2.75, 3.05) is 11.1 Å². The van der Waals surface area contributed by atoms with Crippen LogP contribution in [0.2, 0.25) is 0 Å². The predicted octanol–water partition coefficient (Wildman–Crippen LogP) is 3.40. The molecule has 1 aromatic rings. The van der Waals surface area contributed by atoms with Gasteiger partial charge in [-0.25, -0.2) is 4.39 Å². The van der Waals surface area contributed by atoms with E-state index >= 15 is 0 Å². The van der Waals surface area contributed by atoms with Gasteiger partial charge in [0.05, 0.1) is 5.69 Å². The molecule has 84 valence electrons. The summed E-state index contributed by atoms with van der Waals surface area (Å²) >= 11 is 0. The molecule has 0 saturated heterocycles. The zero-order valence-corrected chi connectivity index (χ0v) is 9.60. The molecule has 0 unspecified atom stereocenters. The maximum Gasteiger partial charge on any atom is 0.148 e. The van der Waals surface area contributed by atoms with Crippen LogP contribution in [0.4, 0.5) is 15.8 Å². The number of anilines is 2. The Bertz CT molecular complexity index is 332. The Labute approximate surface area is 90.7 Å². The molecule has 2 nitrogen and oxygen atoms in total. The summed E-state index contributed by atoms with van der Waals surface area (Å²) in [6.07, 6.45) is 1.90. The lowest BCUT2D eigenvalue weighted by Gasteiger charge is -2.29. The van der Waals surface area contributed by atoms with Crippen molar-refractivity contribution in [1.82, 2.24) is 0 Å². The summed E-state index contributed by atoms with van der Waals surface area (Å²) < 4.78 is 13.5. The van der Waals surface area contributed by atoms with E-state index in [1.807, 2.05) is 0 Å². The predicted molar refractivity (Wildman–Crippen MR) is 63.4 cm³/mol. The van der Waals surface area contributed by atoms with Crippen molar-refractivity contribution in [3.63, 3.8) is 0 Å². The summed E-state index contributed by atoms with van der Waals surface area (Å²) in [5, 5.41) is 3.22. The molecule has 0 bridgehead atoms. The maximum absolute atomic E-state index is 13.5. The number of rotatable bonds is 4. The van der Waals surface area contributed by atoms with Crippen LogP contribution in [-0.2, 0) is 0 Å². The van der Waals surface area contributed by atoms with Crippen LogP contribution >= 0.6 is 0 Å². The van der Waals surface area contributed by atoms with Crippen molar-refractivity contribution in [3.05, 3.63) is 24.0 Å². The molecule has 0 saturated carbocycles. The van der Waals surface area contributed by atoms with E-state index in [0.29, 0.717) is 11.4 Å². The van der Waals surface area contributed by atoms with Crippen LogP contribution in [0.5, 0.6) is 0 Å². The Balaban J connectivity index is 2.89. The quantitative estimate of drug-likeness (QED) is 0.747. The highest BCUT2D eigenvalue weighted by atomic mass is 19.1. The van der Waals surface area contributed by atoms with Gasteiger partial charge in [0.1, 0.15) is 5.82 Å². The summed E-state index contributed by atoms with van der Waals surface area (Å²) in [5.74, 6) is -0.289. The number of benzene rings is 1. The standard InChI is InChI=1S/C12H19FN2/c1-4-12(3,5-2)15-11-7-6-9(14)8-10(11)13/h6-8,15H,4-5,14H2,1-3H3. The first-order valence-corrected chi connectivity index (χ1v) is 5.34. The zero-order chi connectivity index (χ0) is 11.5. The largest absolute Gasteiger partial charge is 0.399 e. The Kier molecular flexibility index (Phi) is 3.56. The molecule has 0 radical (unpaired) electrons. The fraction of sp³-hybridized carbons (Fsp3) is 0.500. The molecule has 0 aliphatic rings. The number of hydrogen-bond acceptors (Lipinski definition) is 2. The first-order chi connectivity index (χ1) is 7.00. The van der Waals surface area contributed by atoms with Crippen molar-refractivity contribution < 1.29 is 4.39 Å². The van der Waals surface area contributed by atoms with Gasteiger partial charge in [0.25, 0.3) is 0 Å². The Morgan fingerprint density at radius 2 is 1.93 bits per heavy atom. The molecule has 3 heteroatoms. The number of hydrogen-bond donors (Lipinski definition) is 2. The maximum atomic E-state index is 13.5. The van der Waals surface area contributed by atoms with Gasteiger partial charge < -0.3 is 11.1 Å². The fourth-order valence-electron chi connectivity index (χ4n) is 1.38. The molecule has 0 fully saturated rings. The van der Waals surface area contributed by atoms with E-state index in [2.05, 4.69) is 26.1 Å². The van der Waals surface area contributed by atoms with Crippen LogP contribution in [-0.4, -0.2) is 5.54 Å². The van der Waals surface area contributed by atoms with Crippen LogP contribution in [0.15, 0.2) is 18.2 Å². The highest BCUT2D eigenvalue weighted by Gasteiger charge is 2.20. The molecule has 3 N–H and O–H groups in total. The lowest BCUT2D eigenvalue weighted by Crippen LogP contribution is -2.33. The normalized spacial score (nSPS) is 11.5. The molecule has 0 aliphatic carbocycles. The zero-order valence-electron chi connectivity index (χ0n) is 9.60. The van der Waals surface area contributed by atoms with Crippen molar-refractivity contribution in [2.24, 2.45) is 0 Å². The smallest absolute Gasteiger partial charge is 0.148 e. The molecular formula is C12H19FN2. The van der Waals surface area contributed by atoms with Gasteiger partial charge >= 0.3 is 0 Å². The minimum Gasteiger partial charge on any atom is -0.399 e. The van der Waals surface area contributed by atoms with Crippen LogP contribution in [0.1, 0.15) is 33.6 Å². The Morgan fingerprint density at radius 3 is 2.40 bits per heavy atom. The van der Waals surface area contributed by atoms with Gasteiger partial charge in [-0.05, 0) is 38.0 Å². The van der Waals surface area contributed by atoms with Gasteiger partial charge in [-0.2, -0.15) is 0 Å². The average Bonchev–Trinajstić information content (AvgIpc) is 2.22. The molecular weight excluding hydrogens is 191 g/mol. The van der Waals surface area contributed by atoms with E-state index in [1.165, 1.54) is 6.07 Å². The topological polar surface area (TPSA) is 38.0 Å². The second-order valence-electron chi connectivity index (χ2n) is 4.13. The molecule has 1 rings (SSSR count). The number of nitrogens with two attached hydrogens (primary N) is 1. The van der Waals surface area contributed by atoms with E-state index in [1.54, 1.807) is 12.1 Å². The second-order valence-corrected chi connectivity index (χ2v) is 4.13. The summed E-state index contributed by atoms with van der Waals surface area (Å²) in [5.41, 5.74) is 6.41. The molecule has 0 spiro atoms. The summed E-state index contributed by atoms with van der Waals surface area (Å²) in [6, 6.07) is 4.74. The molecule has 0 heterocycles. The third-order valence-electron chi connectivity index (χ3n) is 2.99. The van der Waals surface area contributed by atoms with Crippen LogP contribution in [0.3, 0.4) is 0 Å². The number of nitrogens with one attached hydrogen (secondary N) is 1. The summed E-state index contributed by atoms with van der Waals surface area (Å²) in [6.45, 7) is 6.26. The van der Waals surface area contributed by atoms with Gasteiger partial charge in [0.15, 0.2) is 0 Å². The lowest BCUT2D eigenvalue weighted by molar-refractivity contribution is 0.474. The SMILES string of the molecule is CCC(C)(CC)Nc1ccc(N)cc1F. The first kappa shape index (κ1) is 11.8. The molecule has 0 amide bonds. The van der Waals surface area contributed by atoms with Gasteiger partial charge in [-0.3, -0.25) is 0 Å². The van der Waals surface area contributed by atoms with Crippen molar-refractivity contribution in [3.8, 4) is 0 Å². The minimum atomic E-state index is -0.289. The lowest BCUT2D eigenvalue weighted by atomic mass is 9.95. The molecule has 15 heavy (non-hydrogen) atoms. The highest BCUT2D eigenvalue weighted by Crippen LogP contribution is 2.24. The molecule has 0 aliphatic heterocycles. The first-order valence-electron chi connectivity index (χ1n) is 5.34. The van der Waals surface area contributed by atoms with Gasteiger partial charge in [0.2, 0.25) is 0 Å². The number of nitrogen functional groups attached to an aromatic ring is 1. The van der Waals surface area contributed by atoms with Gasteiger partial charge in [0, 0.05) is 11.2 Å². The van der Waals surface area contributed by atoms with Gasteiger partial charge in [-0.15, -0.1) is 0 Å². The molecule has 0 atom stereocenters. The summed E-state index contributed by atoms with van der Waals surface area (Å²) in [4.78, 5) is 0. The Hall–Kier alpha value is -1.25. The van der Waals surface area contributed by atoms with E-state index in [4.69, 9.17) is 5.73 Å². The van der Waals surface area contributed by atoms with Crippen LogP contribution in [0.25, 0.3) is 0 Å². The van der Waals surface area contributed by atoms with Crippen LogP contribution in [0, 0.1) is 5.82 Å². The van der Waals surface area contributed by atoms with E-state index in [0.717, 1.165) is 12.8 Å².